The summed E-state index contributed by atoms with van der Waals surface area (Å²) in [7, 11) is 1.85. The second kappa shape index (κ2) is 10.4. The minimum absolute atomic E-state index is 0.0376. The molecular formula is C27H37Cl2N3O4. The van der Waals surface area contributed by atoms with Crippen molar-refractivity contribution in [2.45, 2.75) is 63.8 Å². The number of likely N-dealkylation sites (N-methyl/N-ethyl adjacent to an activating group) is 1. The Bertz CT molecular complexity index is 991. The molecule has 7 nitrogen and oxygen atoms in total. The van der Waals surface area contributed by atoms with Gasteiger partial charge in [0.25, 0.3) is 0 Å². The van der Waals surface area contributed by atoms with Crippen molar-refractivity contribution < 1.29 is 19.4 Å². The SMILES string of the molecule is CN(C(O)OCC1CC1)[C@H]1CN(C(=O)C2CCN(C(=O)C3(C)CC3)CC2)C[C@@H]1c1ccc(Cl)c(Cl)c1. The van der Waals surface area contributed by atoms with Crippen molar-refractivity contribution in [3.8, 4) is 0 Å². The lowest BCUT2D eigenvalue weighted by atomic mass is 9.93. The summed E-state index contributed by atoms with van der Waals surface area (Å²) < 4.78 is 5.74. The molecule has 4 aliphatic rings. The fourth-order valence-corrected chi connectivity index (χ4v) is 5.92. The van der Waals surface area contributed by atoms with E-state index in [9.17, 15) is 14.7 Å². The van der Waals surface area contributed by atoms with E-state index in [0.29, 0.717) is 61.6 Å². The highest BCUT2D eigenvalue weighted by molar-refractivity contribution is 6.42. The van der Waals surface area contributed by atoms with Crippen molar-refractivity contribution in [3.63, 3.8) is 0 Å². The minimum atomic E-state index is -1.03. The van der Waals surface area contributed by atoms with Crippen molar-refractivity contribution >= 4 is 35.0 Å². The van der Waals surface area contributed by atoms with E-state index >= 15 is 0 Å². The Morgan fingerprint density at radius 2 is 1.81 bits per heavy atom. The molecule has 2 heterocycles. The number of hydrogen-bond acceptors (Lipinski definition) is 5. The number of piperidine rings is 1. The summed E-state index contributed by atoms with van der Waals surface area (Å²) in [5.74, 6) is 0.797. The summed E-state index contributed by atoms with van der Waals surface area (Å²) in [6.07, 6.45) is 4.60. The molecule has 1 aromatic rings. The lowest BCUT2D eigenvalue weighted by Gasteiger charge is -2.35. The molecule has 0 aromatic heterocycles. The van der Waals surface area contributed by atoms with E-state index in [1.807, 2.05) is 40.8 Å². The number of ether oxygens (including phenoxy) is 1. The smallest absolute Gasteiger partial charge is 0.228 e. The molecule has 36 heavy (non-hydrogen) atoms. The van der Waals surface area contributed by atoms with Gasteiger partial charge < -0.3 is 19.6 Å². The topological polar surface area (TPSA) is 73.3 Å². The highest BCUT2D eigenvalue weighted by Gasteiger charge is 2.48. The van der Waals surface area contributed by atoms with Gasteiger partial charge in [-0.3, -0.25) is 14.5 Å². The summed E-state index contributed by atoms with van der Waals surface area (Å²) in [5, 5.41) is 11.7. The van der Waals surface area contributed by atoms with E-state index in [1.54, 1.807) is 6.07 Å². The first-order valence-electron chi connectivity index (χ1n) is 13.2. The lowest BCUT2D eigenvalue weighted by molar-refractivity contribution is -0.199. The predicted octanol–water partition coefficient (Wildman–Crippen LogP) is 3.96. The number of halogens is 2. The molecule has 9 heteroatoms. The van der Waals surface area contributed by atoms with Crippen LogP contribution < -0.4 is 0 Å². The van der Waals surface area contributed by atoms with E-state index in [4.69, 9.17) is 27.9 Å². The maximum Gasteiger partial charge on any atom is 0.228 e. The van der Waals surface area contributed by atoms with E-state index in [0.717, 1.165) is 31.2 Å². The molecule has 5 rings (SSSR count). The standard InChI is InChI=1S/C27H37Cl2N3O4/c1-27(9-10-27)25(34)31-11-7-18(8-12-31)24(33)32-14-20(19-5-6-21(28)22(29)13-19)23(15-32)30(2)26(35)36-16-17-3-4-17/h5-6,13,17-18,20,23,26,35H,3-4,7-12,14-16H2,1-2H3/t20-,23+,26?/m1/s1. The molecule has 1 N–H and O–H groups in total. The second-order valence-corrected chi connectivity index (χ2v) is 12.3. The number of hydrogen-bond donors (Lipinski definition) is 1. The molecule has 1 aromatic carbocycles. The predicted molar refractivity (Wildman–Crippen MR) is 139 cm³/mol. The Balaban J connectivity index is 1.26. The van der Waals surface area contributed by atoms with Crippen molar-refractivity contribution in [2.75, 3.05) is 39.8 Å². The van der Waals surface area contributed by atoms with E-state index < -0.39 is 6.41 Å². The van der Waals surface area contributed by atoms with Gasteiger partial charge in [0.2, 0.25) is 18.2 Å². The highest BCUT2D eigenvalue weighted by Crippen LogP contribution is 2.47. The molecule has 0 bridgehead atoms. The average Bonchev–Trinajstić information content (AvgIpc) is 3.81. The molecule has 3 atom stereocenters. The Morgan fingerprint density at radius 1 is 1.11 bits per heavy atom. The van der Waals surface area contributed by atoms with Crippen LogP contribution in [0.5, 0.6) is 0 Å². The fourth-order valence-electron chi connectivity index (χ4n) is 5.61. The van der Waals surface area contributed by atoms with Gasteiger partial charge in [0.05, 0.1) is 16.7 Å². The molecule has 2 saturated carbocycles. The van der Waals surface area contributed by atoms with Crippen LogP contribution in [-0.4, -0.2) is 83.9 Å². The number of rotatable bonds is 8. The molecule has 0 spiro atoms. The molecule has 1 unspecified atom stereocenters. The molecule has 2 amide bonds. The molecule has 2 aliphatic carbocycles. The van der Waals surface area contributed by atoms with Crippen molar-refractivity contribution in [3.05, 3.63) is 33.8 Å². The molecular weight excluding hydrogens is 501 g/mol. The zero-order valence-corrected chi connectivity index (χ0v) is 22.7. The number of carbonyl (C=O) groups is 2. The zero-order chi connectivity index (χ0) is 25.6. The van der Waals surface area contributed by atoms with Crippen molar-refractivity contribution in [2.24, 2.45) is 17.3 Å². The monoisotopic (exact) mass is 537 g/mol. The summed E-state index contributed by atoms with van der Waals surface area (Å²) in [5.41, 5.74) is 0.822. The molecule has 0 radical (unpaired) electrons. The van der Waals surface area contributed by atoms with Gasteiger partial charge in [-0.1, -0.05) is 36.2 Å². The van der Waals surface area contributed by atoms with Crippen molar-refractivity contribution in [1.82, 2.24) is 14.7 Å². The number of aliphatic hydroxyl groups is 1. The first-order chi connectivity index (χ1) is 17.2. The Morgan fingerprint density at radius 3 is 2.42 bits per heavy atom. The first-order valence-corrected chi connectivity index (χ1v) is 14.0. The highest BCUT2D eigenvalue weighted by atomic mass is 35.5. The third-order valence-electron chi connectivity index (χ3n) is 8.67. The molecule has 2 aliphatic heterocycles. The first kappa shape index (κ1) is 26.2. The van der Waals surface area contributed by atoms with Crippen LogP contribution in [0.15, 0.2) is 18.2 Å². The van der Waals surface area contributed by atoms with Crippen LogP contribution in [0.2, 0.25) is 10.0 Å². The fraction of sp³-hybridized carbons (Fsp3) is 0.704. The van der Waals surface area contributed by atoms with Crippen LogP contribution in [-0.2, 0) is 14.3 Å². The van der Waals surface area contributed by atoms with Gasteiger partial charge in [-0.2, -0.15) is 0 Å². The third kappa shape index (κ3) is 5.56. The Labute approximate surface area is 223 Å². The van der Waals surface area contributed by atoms with Crippen LogP contribution in [0.3, 0.4) is 0 Å². The Hall–Kier alpha value is -1.38. The Kier molecular flexibility index (Phi) is 7.59. The van der Waals surface area contributed by atoms with E-state index in [-0.39, 0.29) is 35.1 Å². The van der Waals surface area contributed by atoms with E-state index in [2.05, 4.69) is 0 Å². The van der Waals surface area contributed by atoms with Gasteiger partial charge >= 0.3 is 0 Å². The second-order valence-electron chi connectivity index (χ2n) is 11.5. The van der Waals surface area contributed by atoms with Gasteiger partial charge in [0, 0.05) is 49.5 Å². The zero-order valence-electron chi connectivity index (χ0n) is 21.2. The quantitative estimate of drug-likeness (QED) is 0.508. The van der Waals surface area contributed by atoms with Crippen LogP contribution in [0.25, 0.3) is 0 Å². The molecule has 2 saturated heterocycles. The van der Waals surface area contributed by atoms with Gasteiger partial charge in [-0.15, -0.1) is 0 Å². The average molecular weight is 539 g/mol. The number of aliphatic hydroxyl groups excluding tert-OH is 1. The summed E-state index contributed by atoms with van der Waals surface area (Å²) >= 11 is 12.5. The normalized spacial score (nSPS) is 26.9. The largest absolute Gasteiger partial charge is 0.356 e. The maximum absolute atomic E-state index is 13.6. The van der Waals surface area contributed by atoms with Gasteiger partial charge in [-0.05, 0) is 69.2 Å². The number of nitrogens with zero attached hydrogens (tertiary/aromatic N) is 3. The van der Waals surface area contributed by atoms with Crippen molar-refractivity contribution in [1.29, 1.82) is 0 Å². The van der Waals surface area contributed by atoms with Crippen LogP contribution in [0.1, 0.15) is 56.9 Å². The van der Waals surface area contributed by atoms with Crippen LogP contribution in [0, 0.1) is 17.3 Å². The minimum Gasteiger partial charge on any atom is -0.356 e. The van der Waals surface area contributed by atoms with Gasteiger partial charge in [-0.25, -0.2) is 0 Å². The van der Waals surface area contributed by atoms with Gasteiger partial charge in [0.1, 0.15) is 0 Å². The van der Waals surface area contributed by atoms with E-state index in [1.165, 1.54) is 0 Å². The van der Waals surface area contributed by atoms with Crippen LogP contribution >= 0.6 is 23.2 Å². The molecule has 198 valence electrons. The molecule has 4 fully saturated rings. The number of amides is 2. The third-order valence-corrected chi connectivity index (χ3v) is 9.41. The number of likely N-dealkylation sites (tertiary alicyclic amines) is 2. The summed E-state index contributed by atoms with van der Waals surface area (Å²) in [4.78, 5) is 32.0. The summed E-state index contributed by atoms with van der Waals surface area (Å²) in [6.45, 7) is 4.92. The number of carbonyl (C=O) groups excluding carboxylic acids is 2. The number of benzene rings is 1. The van der Waals surface area contributed by atoms with Crippen LogP contribution in [0.4, 0.5) is 0 Å². The van der Waals surface area contributed by atoms with Gasteiger partial charge in [0.15, 0.2) is 0 Å². The maximum atomic E-state index is 13.6. The lowest BCUT2D eigenvalue weighted by Crippen LogP contribution is -2.47. The summed E-state index contributed by atoms with van der Waals surface area (Å²) in [6, 6.07) is 5.47.